The minimum atomic E-state index is 0.391. The van der Waals surface area contributed by atoms with Crippen LogP contribution >= 0.6 is 0 Å². The van der Waals surface area contributed by atoms with Gasteiger partial charge in [-0.2, -0.15) is 0 Å². The molecular formula is C16H22N4. The zero-order chi connectivity index (χ0) is 13.9. The summed E-state index contributed by atoms with van der Waals surface area (Å²) in [5, 5.41) is 3.51. The van der Waals surface area contributed by atoms with Crippen LogP contribution in [0.2, 0.25) is 0 Å². The van der Waals surface area contributed by atoms with Crippen molar-refractivity contribution in [2.24, 2.45) is 0 Å². The van der Waals surface area contributed by atoms with Gasteiger partial charge in [-0.3, -0.25) is 0 Å². The molecular weight excluding hydrogens is 248 g/mol. The summed E-state index contributed by atoms with van der Waals surface area (Å²) in [5.41, 5.74) is 2.88. The summed E-state index contributed by atoms with van der Waals surface area (Å²) in [6, 6.07) is 8.41. The minimum absolute atomic E-state index is 0.391. The van der Waals surface area contributed by atoms with E-state index in [4.69, 9.17) is 4.98 Å². The monoisotopic (exact) mass is 270 g/mol. The SMILES string of the molecule is Cc1nc2ccccc2nc1NC(C)CN1CCCC1. The van der Waals surface area contributed by atoms with Crippen molar-refractivity contribution in [3.63, 3.8) is 0 Å². The molecule has 0 aliphatic carbocycles. The molecule has 0 radical (unpaired) electrons. The summed E-state index contributed by atoms with van der Waals surface area (Å²) < 4.78 is 0. The highest BCUT2D eigenvalue weighted by molar-refractivity contribution is 5.76. The summed E-state index contributed by atoms with van der Waals surface area (Å²) in [4.78, 5) is 11.8. The van der Waals surface area contributed by atoms with Gasteiger partial charge in [-0.25, -0.2) is 9.97 Å². The Balaban J connectivity index is 1.74. The molecule has 0 saturated carbocycles. The van der Waals surface area contributed by atoms with E-state index in [1.165, 1.54) is 25.9 Å². The number of anilines is 1. The molecule has 4 nitrogen and oxygen atoms in total. The molecule has 1 fully saturated rings. The predicted molar refractivity (Wildman–Crippen MR) is 83.0 cm³/mol. The first-order valence-corrected chi connectivity index (χ1v) is 7.44. The first-order chi connectivity index (χ1) is 9.72. The van der Waals surface area contributed by atoms with E-state index in [2.05, 4.69) is 22.1 Å². The zero-order valence-corrected chi connectivity index (χ0v) is 12.3. The largest absolute Gasteiger partial charge is 0.365 e. The molecule has 0 amide bonds. The molecule has 20 heavy (non-hydrogen) atoms. The summed E-state index contributed by atoms with van der Waals surface area (Å²) in [7, 11) is 0. The fourth-order valence-electron chi connectivity index (χ4n) is 2.86. The van der Waals surface area contributed by atoms with Crippen molar-refractivity contribution >= 4 is 16.9 Å². The Labute approximate surface area is 120 Å². The molecule has 2 heterocycles. The third kappa shape index (κ3) is 2.90. The lowest BCUT2D eigenvalue weighted by atomic mass is 10.2. The van der Waals surface area contributed by atoms with Crippen LogP contribution in [-0.4, -0.2) is 40.5 Å². The molecule has 2 aromatic rings. The van der Waals surface area contributed by atoms with Crippen LogP contribution in [0.3, 0.4) is 0 Å². The Morgan fingerprint density at radius 3 is 2.50 bits per heavy atom. The second-order valence-electron chi connectivity index (χ2n) is 5.70. The molecule has 1 aliphatic heterocycles. The quantitative estimate of drug-likeness (QED) is 0.927. The summed E-state index contributed by atoms with van der Waals surface area (Å²) in [5.74, 6) is 0.912. The van der Waals surface area contributed by atoms with E-state index in [0.717, 1.165) is 29.1 Å². The number of hydrogen-bond donors (Lipinski definition) is 1. The van der Waals surface area contributed by atoms with Gasteiger partial charge in [-0.15, -0.1) is 0 Å². The van der Waals surface area contributed by atoms with E-state index >= 15 is 0 Å². The molecule has 3 rings (SSSR count). The summed E-state index contributed by atoms with van der Waals surface area (Å²) >= 11 is 0. The molecule has 1 aromatic heterocycles. The van der Waals surface area contributed by atoms with E-state index in [1.807, 2.05) is 31.2 Å². The van der Waals surface area contributed by atoms with Crippen molar-refractivity contribution in [2.45, 2.75) is 32.7 Å². The fourth-order valence-corrected chi connectivity index (χ4v) is 2.86. The van der Waals surface area contributed by atoms with Gasteiger partial charge in [0.25, 0.3) is 0 Å². The standard InChI is InChI=1S/C16H22N4/c1-12(11-20-9-5-6-10-20)17-16-13(2)18-14-7-3-4-8-15(14)19-16/h3-4,7-8,12H,5-6,9-11H2,1-2H3,(H,17,19). The lowest BCUT2D eigenvalue weighted by molar-refractivity contribution is 0.327. The highest BCUT2D eigenvalue weighted by atomic mass is 15.2. The number of nitrogens with one attached hydrogen (secondary N) is 1. The fraction of sp³-hybridized carbons (Fsp3) is 0.500. The van der Waals surface area contributed by atoms with Gasteiger partial charge in [0.1, 0.15) is 5.82 Å². The minimum Gasteiger partial charge on any atom is -0.365 e. The normalized spacial score (nSPS) is 17.5. The Bertz CT molecular complexity index is 590. The van der Waals surface area contributed by atoms with E-state index in [-0.39, 0.29) is 0 Å². The number of hydrogen-bond acceptors (Lipinski definition) is 4. The topological polar surface area (TPSA) is 41.1 Å². The predicted octanol–water partition coefficient (Wildman–Crippen LogP) is 2.83. The maximum absolute atomic E-state index is 4.70. The number of aromatic nitrogens is 2. The molecule has 1 aromatic carbocycles. The zero-order valence-electron chi connectivity index (χ0n) is 12.3. The van der Waals surface area contributed by atoms with Crippen molar-refractivity contribution < 1.29 is 0 Å². The van der Waals surface area contributed by atoms with Gasteiger partial charge in [0.05, 0.1) is 16.7 Å². The lowest BCUT2D eigenvalue weighted by Crippen LogP contribution is -2.33. The number of benzene rings is 1. The number of likely N-dealkylation sites (tertiary alicyclic amines) is 1. The first-order valence-electron chi connectivity index (χ1n) is 7.44. The third-order valence-corrected chi connectivity index (χ3v) is 3.86. The number of aryl methyl sites for hydroxylation is 1. The van der Waals surface area contributed by atoms with Gasteiger partial charge < -0.3 is 10.2 Å². The van der Waals surface area contributed by atoms with Gasteiger partial charge in [0.2, 0.25) is 0 Å². The molecule has 1 unspecified atom stereocenters. The van der Waals surface area contributed by atoms with Crippen LogP contribution in [0.5, 0.6) is 0 Å². The second-order valence-corrected chi connectivity index (χ2v) is 5.70. The van der Waals surface area contributed by atoms with Crippen LogP contribution in [-0.2, 0) is 0 Å². The maximum Gasteiger partial charge on any atom is 0.148 e. The molecule has 1 N–H and O–H groups in total. The Morgan fingerprint density at radius 1 is 1.15 bits per heavy atom. The summed E-state index contributed by atoms with van der Waals surface area (Å²) in [6.07, 6.45) is 2.67. The van der Waals surface area contributed by atoms with Crippen LogP contribution in [0.4, 0.5) is 5.82 Å². The molecule has 0 bridgehead atoms. The summed E-state index contributed by atoms with van der Waals surface area (Å²) in [6.45, 7) is 7.77. The van der Waals surface area contributed by atoms with Crippen LogP contribution in [0.1, 0.15) is 25.5 Å². The lowest BCUT2D eigenvalue weighted by Gasteiger charge is -2.22. The van der Waals surface area contributed by atoms with Gasteiger partial charge in [-0.05, 0) is 51.9 Å². The Kier molecular flexibility index (Phi) is 3.83. The molecule has 1 saturated heterocycles. The van der Waals surface area contributed by atoms with Crippen molar-refractivity contribution in [1.82, 2.24) is 14.9 Å². The highest BCUT2D eigenvalue weighted by Gasteiger charge is 2.15. The van der Waals surface area contributed by atoms with Crippen molar-refractivity contribution in [1.29, 1.82) is 0 Å². The Morgan fingerprint density at radius 2 is 1.80 bits per heavy atom. The van der Waals surface area contributed by atoms with E-state index in [1.54, 1.807) is 0 Å². The van der Waals surface area contributed by atoms with Gasteiger partial charge in [0.15, 0.2) is 0 Å². The van der Waals surface area contributed by atoms with E-state index < -0.39 is 0 Å². The van der Waals surface area contributed by atoms with Gasteiger partial charge in [-0.1, -0.05) is 12.1 Å². The highest BCUT2D eigenvalue weighted by Crippen LogP contribution is 2.17. The number of nitrogens with zero attached hydrogens (tertiary/aromatic N) is 3. The van der Waals surface area contributed by atoms with Crippen molar-refractivity contribution in [3.8, 4) is 0 Å². The van der Waals surface area contributed by atoms with Crippen molar-refractivity contribution in [3.05, 3.63) is 30.0 Å². The average molecular weight is 270 g/mol. The van der Waals surface area contributed by atoms with Crippen LogP contribution in [0.25, 0.3) is 11.0 Å². The molecule has 1 aliphatic rings. The molecule has 4 heteroatoms. The van der Waals surface area contributed by atoms with Crippen LogP contribution in [0.15, 0.2) is 24.3 Å². The molecule has 0 spiro atoms. The first kappa shape index (κ1) is 13.3. The van der Waals surface area contributed by atoms with E-state index in [0.29, 0.717) is 6.04 Å². The van der Waals surface area contributed by atoms with Gasteiger partial charge >= 0.3 is 0 Å². The Hall–Kier alpha value is -1.68. The second kappa shape index (κ2) is 5.75. The average Bonchev–Trinajstić information content (AvgIpc) is 2.92. The molecule has 106 valence electrons. The number of fused-ring (bicyclic) bond motifs is 1. The third-order valence-electron chi connectivity index (χ3n) is 3.86. The van der Waals surface area contributed by atoms with Crippen molar-refractivity contribution in [2.75, 3.05) is 25.0 Å². The maximum atomic E-state index is 4.70. The number of para-hydroxylation sites is 2. The molecule has 1 atom stereocenters. The van der Waals surface area contributed by atoms with Crippen LogP contribution in [0, 0.1) is 6.92 Å². The van der Waals surface area contributed by atoms with Gasteiger partial charge in [0, 0.05) is 12.6 Å². The van der Waals surface area contributed by atoms with E-state index in [9.17, 15) is 0 Å². The van der Waals surface area contributed by atoms with Crippen LogP contribution < -0.4 is 5.32 Å². The number of rotatable bonds is 4. The smallest absolute Gasteiger partial charge is 0.148 e.